The van der Waals surface area contributed by atoms with Gasteiger partial charge < -0.3 is 15.0 Å². The lowest BCUT2D eigenvalue weighted by atomic mass is 10.2. The van der Waals surface area contributed by atoms with Gasteiger partial charge in [-0.05, 0) is 17.7 Å². The van der Waals surface area contributed by atoms with E-state index in [1.54, 1.807) is 18.3 Å². The lowest BCUT2D eigenvalue weighted by molar-refractivity contribution is 0.408. The number of nitrogens with two attached hydrogens (primary N) is 1. The van der Waals surface area contributed by atoms with Gasteiger partial charge in [-0.25, -0.2) is 14.9 Å². The maximum absolute atomic E-state index is 11.3. The molecule has 2 heterocycles. The van der Waals surface area contributed by atoms with Crippen LogP contribution in [0.15, 0.2) is 32.8 Å². The lowest BCUT2D eigenvalue weighted by Crippen LogP contribution is -2.10. The fourth-order valence-corrected chi connectivity index (χ4v) is 2.42. The van der Waals surface area contributed by atoms with Crippen LogP contribution in [-0.4, -0.2) is 28.2 Å². The van der Waals surface area contributed by atoms with Crippen molar-refractivity contribution in [2.24, 2.45) is 5.10 Å². The highest BCUT2D eigenvalue weighted by atomic mass is 32.1. The van der Waals surface area contributed by atoms with Gasteiger partial charge in [-0.15, -0.1) is 10.2 Å². The van der Waals surface area contributed by atoms with E-state index >= 15 is 0 Å². The van der Waals surface area contributed by atoms with Crippen LogP contribution < -0.4 is 20.9 Å². The highest BCUT2D eigenvalue weighted by Gasteiger charge is 2.10. The van der Waals surface area contributed by atoms with Crippen molar-refractivity contribution >= 4 is 33.8 Å². The topological polar surface area (TPSA) is 121 Å². The lowest BCUT2D eigenvalue weighted by Gasteiger charge is -2.02. The van der Waals surface area contributed by atoms with Gasteiger partial charge in [0, 0.05) is 0 Å². The number of fused-ring (bicyclic) bond motifs is 1. The van der Waals surface area contributed by atoms with E-state index in [-0.39, 0.29) is 4.94 Å². The average Bonchev–Trinajstić information content (AvgIpc) is 3.03. The van der Waals surface area contributed by atoms with Crippen LogP contribution >= 0.6 is 11.3 Å². The van der Waals surface area contributed by atoms with E-state index in [2.05, 4.69) is 20.7 Å². The van der Waals surface area contributed by atoms with E-state index in [0.29, 0.717) is 22.0 Å². The molecule has 0 saturated carbocycles. The van der Waals surface area contributed by atoms with E-state index in [1.165, 1.54) is 18.1 Å². The Morgan fingerprint density at radius 3 is 3.14 bits per heavy atom. The maximum atomic E-state index is 11.3. The Labute approximate surface area is 121 Å². The first-order valence-corrected chi connectivity index (χ1v) is 6.55. The number of methoxy groups -OCH3 is 1. The largest absolute Gasteiger partial charge is 0.493 e. The molecule has 2 aromatic heterocycles. The van der Waals surface area contributed by atoms with Gasteiger partial charge >= 0.3 is 4.94 Å². The summed E-state index contributed by atoms with van der Waals surface area (Å²) in [5.41, 5.74) is 3.80. The molecule has 3 N–H and O–H groups in total. The smallest absolute Gasteiger partial charge is 0.396 e. The van der Waals surface area contributed by atoms with Crippen molar-refractivity contribution in [3.8, 4) is 5.75 Å². The van der Waals surface area contributed by atoms with Crippen LogP contribution in [0.4, 0.5) is 5.95 Å². The Kier molecular flexibility index (Phi) is 3.28. The van der Waals surface area contributed by atoms with Crippen molar-refractivity contribution in [3.63, 3.8) is 0 Å². The molecule has 0 atom stereocenters. The third-order valence-corrected chi connectivity index (χ3v) is 3.37. The summed E-state index contributed by atoms with van der Waals surface area (Å²) in [6, 6.07) is 3.47. The normalized spacial score (nSPS) is 11.3. The quantitative estimate of drug-likeness (QED) is 0.411. The molecule has 0 amide bonds. The number of hydrazone groups is 1. The van der Waals surface area contributed by atoms with Gasteiger partial charge in [0.2, 0.25) is 0 Å². The van der Waals surface area contributed by atoms with Crippen molar-refractivity contribution in [2.45, 2.75) is 0 Å². The van der Waals surface area contributed by atoms with Gasteiger partial charge in [-0.1, -0.05) is 11.3 Å². The Morgan fingerprint density at radius 2 is 2.43 bits per heavy atom. The highest BCUT2D eigenvalue weighted by molar-refractivity contribution is 7.16. The minimum atomic E-state index is -0.383. The van der Waals surface area contributed by atoms with Crippen molar-refractivity contribution in [2.75, 3.05) is 18.4 Å². The molecule has 0 aliphatic rings. The summed E-state index contributed by atoms with van der Waals surface area (Å²) in [5.74, 6) is 6.30. The minimum absolute atomic E-state index is 0.298. The summed E-state index contributed by atoms with van der Waals surface area (Å²) in [5, 5.41) is 11.3. The number of hydrogen-bond donors (Lipinski definition) is 2. The molecule has 0 spiro atoms. The first-order chi connectivity index (χ1) is 10.2. The van der Waals surface area contributed by atoms with Crippen molar-refractivity contribution in [3.05, 3.63) is 33.8 Å². The van der Waals surface area contributed by atoms with Gasteiger partial charge in [0.15, 0.2) is 11.3 Å². The molecule has 0 saturated heterocycles. The molecule has 108 valence electrons. The number of ether oxygens (including phenoxy) is 1. The molecule has 9 nitrogen and oxygen atoms in total. The predicted molar refractivity (Wildman–Crippen MR) is 78.3 cm³/mol. The summed E-state index contributed by atoms with van der Waals surface area (Å²) >= 11 is 0.999. The number of nitrogen functional groups attached to an aromatic ring is 1. The predicted octanol–water partition coefficient (Wildman–Crippen LogP) is 0.614. The van der Waals surface area contributed by atoms with Crippen molar-refractivity contribution in [1.29, 1.82) is 0 Å². The average molecular weight is 306 g/mol. The molecule has 0 aliphatic carbocycles. The highest BCUT2D eigenvalue weighted by Crippen LogP contribution is 2.28. The first kappa shape index (κ1) is 13.1. The Balaban J connectivity index is 1.90. The van der Waals surface area contributed by atoms with Crippen LogP contribution in [0.3, 0.4) is 0 Å². The van der Waals surface area contributed by atoms with Gasteiger partial charge in [0.1, 0.15) is 6.33 Å². The summed E-state index contributed by atoms with van der Waals surface area (Å²) < 4.78 is 12.1. The first-order valence-electron chi connectivity index (χ1n) is 5.73. The molecule has 10 heteroatoms. The Hall–Kier alpha value is -2.88. The maximum Gasteiger partial charge on any atom is 0.396 e. The second kappa shape index (κ2) is 5.25. The van der Waals surface area contributed by atoms with Crippen LogP contribution in [0.1, 0.15) is 5.56 Å². The van der Waals surface area contributed by atoms with Crippen molar-refractivity contribution in [1.82, 2.24) is 14.9 Å². The molecule has 0 aliphatic heterocycles. The molecule has 1 aromatic carbocycles. The summed E-state index contributed by atoms with van der Waals surface area (Å²) in [6.07, 6.45) is 2.89. The van der Waals surface area contributed by atoms with E-state index in [1.807, 2.05) is 0 Å². The monoisotopic (exact) mass is 306 g/mol. The zero-order chi connectivity index (χ0) is 14.8. The Morgan fingerprint density at radius 1 is 1.57 bits per heavy atom. The number of anilines is 1. The van der Waals surface area contributed by atoms with E-state index in [0.717, 1.165) is 16.9 Å². The number of hydrogen-bond acceptors (Lipinski definition) is 9. The van der Waals surface area contributed by atoms with Crippen LogP contribution in [-0.2, 0) is 0 Å². The molecule has 0 bridgehead atoms. The van der Waals surface area contributed by atoms with Crippen LogP contribution in [0.2, 0.25) is 0 Å². The fourth-order valence-electron chi connectivity index (χ4n) is 1.68. The number of aromatic nitrogens is 3. The molecule has 21 heavy (non-hydrogen) atoms. The molecule has 3 rings (SSSR count). The minimum Gasteiger partial charge on any atom is -0.493 e. The van der Waals surface area contributed by atoms with Gasteiger partial charge in [0.25, 0.3) is 5.95 Å². The summed E-state index contributed by atoms with van der Waals surface area (Å²) in [6.45, 7) is 0. The van der Waals surface area contributed by atoms with E-state index in [4.69, 9.17) is 15.0 Å². The number of nitrogens with one attached hydrogen (secondary N) is 1. The summed E-state index contributed by atoms with van der Waals surface area (Å²) in [4.78, 5) is 10.9. The number of benzene rings is 1. The third-order valence-electron chi connectivity index (χ3n) is 2.59. The van der Waals surface area contributed by atoms with E-state index in [9.17, 15) is 4.79 Å². The van der Waals surface area contributed by atoms with Crippen LogP contribution in [0.25, 0.3) is 10.3 Å². The SMILES string of the molecule is COc1cc(C=NNc2nncn2N)cc2sc(=O)oc12. The molecule has 0 fully saturated rings. The number of nitrogens with zero attached hydrogens (tertiary/aromatic N) is 4. The molecule has 0 radical (unpaired) electrons. The fraction of sp³-hybridized carbons (Fsp3) is 0.0909. The molecule has 3 aromatic rings. The van der Waals surface area contributed by atoms with E-state index < -0.39 is 0 Å². The van der Waals surface area contributed by atoms with Crippen LogP contribution in [0.5, 0.6) is 5.75 Å². The van der Waals surface area contributed by atoms with Crippen molar-refractivity contribution < 1.29 is 9.15 Å². The van der Waals surface area contributed by atoms with Gasteiger partial charge in [0.05, 0.1) is 18.0 Å². The standard InChI is InChI=1S/C11H10N6O3S/c1-19-7-2-6(3-8-9(7)20-11(18)21-8)4-13-15-10-16-14-5-17(10)12/h2-5H,12H2,1H3,(H,15,16). The zero-order valence-electron chi connectivity index (χ0n) is 10.8. The van der Waals surface area contributed by atoms with Gasteiger partial charge in [-0.3, -0.25) is 0 Å². The zero-order valence-corrected chi connectivity index (χ0v) is 11.6. The Bertz CT molecular complexity index is 864. The molecular formula is C11H10N6O3S. The molecule has 0 unspecified atom stereocenters. The third kappa shape index (κ3) is 2.56. The second-order valence-electron chi connectivity index (χ2n) is 3.94. The number of rotatable bonds is 4. The molecular weight excluding hydrogens is 296 g/mol. The summed E-state index contributed by atoms with van der Waals surface area (Å²) in [7, 11) is 1.50. The van der Waals surface area contributed by atoms with Gasteiger partial charge in [-0.2, -0.15) is 5.10 Å². The van der Waals surface area contributed by atoms with Crippen LogP contribution in [0, 0.1) is 0 Å². The second-order valence-corrected chi connectivity index (χ2v) is 4.91.